The molecule has 4 heteroatoms. The van der Waals surface area contributed by atoms with Gasteiger partial charge in [0.25, 0.3) is 5.91 Å². The van der Waals surface area contributed by atoms with Crippen LogP contribution in [0.3, 0.4) is 0 Å². The topological polar surface area (TPSA) is 55.6 Å². The van der Waals surface area contributed by atoms with Crippen LogP contribution in [0.5, 0.6) is 0 Å². The fourth-order valence-electron chi connectivity index (χ4n) is 2.29. The van der Waals surface area contributed by atoms with Crippen LogP contribution in [0.15, 0.2) is 0 Å². The van der Waals surface area contributed by atoms with E-state index in [0.717, 1.165) is 51.6 Å². The second-order valence-corrected chi connectivity index (χ2v) is 5.09. The minimum Gasteiger partial charge on any atom is -0.364 e. The number of ether oxygens (including phenoxy) is 1. The molecule has 0 aromatic carbocycles. The fraction of sp³-hybridized carbons (Fsp3) is 0.929. The van der Waals surface area contributed by atoms with Crippen molar-refractivity contribution in [2.75, 3.05) is 19.6 Å². The van der Waals surface area contributed by atoms with Gasteiger partial charge >= 0.3 is 0 Å². The summed E-state index contributed by atoms with van der Waals surface area (Å²) in [6.45, 7) is 6.55. The first kappa shape index (κ1) is 15.4. The summed E-state index contributed by atoms with van der Waals surface area (Å²) in [6, 6.07) is 0. The maximum atomic E-state index is 12.4. The van der Waals surface area contributed by atoms with E-state index in [1.807, 2.05) is 4.90 Å². The molecule has 2 atom stereocenters. The SMILES string of the molecule is CCCCN(CCCC)C(=O)C1CCC(CN)O1. The third-order valence-electron chi connectivity index (χ3n) is 3.52. The van der Waals surface area contributed by atoms with Gasteiger partial charge in [-0.15, -0.1) is 0 Å². The highest BCUT2D eigenvalue weighted by Crippen LogP contribution is 2.21. The number of hydrogen-bond acceptors (Lipinski definition) is 3. The number of nitrogens with zero attached hydrogens (tertiary/aromatic N) is 1. The standard InChI is InChI=1S/C14H28N2O2/c1-3-5-9-16(10-6-4-2)14(17)13-8-7-12(11-15)18-13/h12-13H,3-11,15H2,1-2H3. The molecule has 18 heavy (non-hydrogen) atoms. The molecule has 1 aliphatic heterocycles. The molecule has 0 aliphatic carbocycles. The molecule has 1 rings (SSSR count). The highest BCUT2D eigenvalue weighted by Gasteiger charge is 2.32. The van der Waals surface area contributed by atoms with Crippen molar-refractivity contribution in [2.45, 2.75) is 64.6 Å². The molecule has 0 aromatic rings. The van der Waals surface area contributed by atoms with Gasteiger partial charge in [0, 0.05) is 19.6 Å². The van der Waals surface area contributed by atoms with Crippen molar-refractivity contribution in [1.82, 2.24) is 4.90 Å². The first-order valence-electron chi connectivity index (χ1n) is 7.37. The van der Waals surface area contributed by atoms with Crippen LogP contribution in [0.2, 0.25) is 0 Å². The van der Waals surface area contributed by atoms with Gasteiger partial charge in [-0.1, -0.05) is 26.7 Å². The average molecular weight is 256 g/mol. The molecule has 4 nitrogen and oxygen atoms in total. The second kappa shape index (κ2) is 8.48. The van der Waals surface area contributed by atoms with E-state index in [1.54, 1.807) is 0 Å². The molecule has 0 radical (unpaired) electrons. The number of hydrogen-bond donors (Lipinski definition) is 1. The average Bonchev–Trinajstić information content (AvgIpc) is 2.87. The van der Waals surface area contributed by atoms with Crippen LogP contribution in [-0.2, 0) is 9.53 Å². The molecule has 1 saturated heterocycles. The molecule has 1 fully saturated rings. The van der Waals surface area contributed by atoms with Crippen molar-refractivity contribution in [1.29, 1.82) is 0 Å². The lowest BCUT2D eigenvalue weighted by atomic mass is 10.1. The molecule has 0 saturated carbocycles. The molecule has 0 spiro atoms. The molecule has 1 aliphatic rings. The Bertz CT molecular complexity index is 238. The number of carbonyl (C=O) groups is 1. The normalized spacial score (nSPS) is 23.3. The molecule has 2 unspecified atom stereocenters. The third-order valence-corrected chi connectivity index (χ3v) is 3.52. The Morgan fingerprint density at radius 3 is 2.28 bits per heavy atom. The monoisotopic (exact) mass is 256 g/mol. The van der Waals surface area contributed by atoms with Crippen LogP contribution in [0, 0.1) is 0 Å². The lowest BCUT2D eigenvalue weighted by molar-refractivity contribution is -0.142. The van der Waals surface area contributed by atoms with Crippen LogP contribution in [-0.4, -0.2) is 42.6 Å². The highest BCUT2D eigenvalue weighted by molar-refractivity contribution is 5.81. The summed E-state index contributed by atoms with van der Waals surface area (Å²) in [7, 11) is 0. The summed E-state index contributed by atoms with van der Waals surface area (Å²) in [6.07, 6.45) is 5.97. The van der Waals surface area contributed by atoms with Gasteiger partial charge in [-0.05, 0) is 25.7 Å². The lowest BCUT2D eigenvalue weighted by Gasteiger charge is -2.25. The fourth-order valence-corrected chi connectivity index (χ4v) is 2.29. The molecule has 0 aromatic heterocycles. The van der Waals surface area contributed by atoms with Crippen molar-refractivity contribution in [3.63, 3.8) is 0 Å². The summed E-state index contributed by atoms with van der Waals surface area (Å²) in [5.41, 5.74) is 5.58. The Morgan fingerprint density at radius 2 is 1.83 bits per heavy atom. The second-order valence-electron chi connectivity index (χ2n) is 5.09. The summed E-state index contributed by atoms with van der Waals surface area (Å²) in [4.78, 5) is 14.4. The highest BCUT2D eigenvalue weighted by atomic mass is 16.5. The molecular weight excluding hydrogens is 228 g/mol. The van der Waals surface area contributed by atoms with E-state index in [0.29, 0.717) is 6.54 Å². The van der Waals surface area contributed by atoms with E-state index in [-0.39, 0.29) is 18.1 Å². The van der Waals surface area contributed by atoms with Crippen molar-refractivity contribution < 1.29 is 9.53 Å². The van der Waals surface area contributed by atoms with Crippen LogP contribution in [0.1, 0.15) is 52.4 Å². The van der Waals surface area contributed by atoms with E-state index < -0.39 is 0 Å². The van der Waals surface area contributed by atoms with Crippen molar-refractivity contribution in [2.24, 2.45) is 5.73 Å². The minimum absolute atomic E-state index is 0.0816. The predicted octanol–water partition coefficient (Wildman–Crippen LogP) is 1.92. The zero-order valence-corrected chi connectivity index (χ0v) is 11.9. The zero-order valence-electron chi connectivity index (χ0n) is 11.9. The maximum Gasteiger partial charge on any atom is 0.251 e. The van der Waals surface area contributed by atoms with Crippen LogP contribution < -0.4 is 5.73 Å². The quantitative estimate of drug-likeness (QED) is 0.722. The zero-order chi connectivity index (χ0) is 13.4. The number of rotatable bonds is 8. The third kappa shape index (κ3) is 4.58. The van der Waals surface area contributed by atoms with E-state index in [4.69, 9.17) is 10.5 Å². The summed E-state index contributed by atoms with van der Waals surface area (Å²) in [5, 5.41) is 0. The van der Waals surface area contributed by atoms with Gasteiger partial charge in [0.2, 0.25) is 0 Å². The number of unbranched alkanes of at least 4 members (excludes halogenated alkanes) is 2. The van der Waals surface area contributed by atoms with E-state index >= 15 is 0 Å². The summed E-state index contributed by atoms with van der Waals surface area (Å²) in [5.74, 6) is 0.174. The molecule has 106 valence electrons. The van der Waals surface area contributed by atoms with Gasteiger partial charge < -0.3 is 15.4 Å². The van der Waals surface area contributed by atoms with Gasteiger partial charge in [-0.25, -0.2) is 0 Å². The molecule has 1 amide bonds. The number of carbonyl (C=O) groups excluding carboxylic acids is 1. The van der Waals surface area contributed by atoms with Crippen molar-refractivity contribution in [3.8, 4) is 0 Å². The lowest BCUT2D eigenvalue weighted by Crippen LogP contribution is -2.40. The Balaban J connectivity index is 2.47. The molecule has 2 N–H and O–H groups in total. The first-order chi connectivity index (χ1) is 8.72. The van der Waals surface area contributed by atoms with Crippen LogP contribution in [0.25, 0.3) is 0 Å². The molecule has 1 heterocycles. The first-order valence-corrected chi connectivity index (χ1v) is 7.37. The Labute approximate surface area is 111 Å². The van der Waals surface area contributed by atoms with Crippen LogP contribution >= 0.6 is 0 Å². The Morgan fingerprint density at radius 1 is 1.22 bits per heavy atom. The molecular formula is C14H28N2O2. The van der Waals surface area contributed by atoms with Crippen molar-refractivity contribution in [3.05, 3.63) is 0 Å². The van der Waals surface area contributed by atoms with E-state index in [2.05, 4.69) is 13.8 Å². The minimum atomic E-state index is -0.243. The van der Waals surface area contributed by atoms with E-state index in [1.165, 1.54) is 0 Å². The number of amides is 1. The number of nitrogens with two attached hydrogens (primary N) is 1. The predicted molar refractivity (Wildman–Crippen MR) is 73.3 cm³/mol. The van der Waals surface area contributed by atoms with Gasteiger partial charge in [0.15, 0.2) is 0 Å². The summed E-state index contributed by atoms with van der Waals surface area (Å²) >= 11 is 0. The summed E-state index contributed by atoms with van der Waals surface area (Å²) < 4.78 is 5.70. The van der Waals surface area contributed by atoms with E-state index in [9.17, 15) is 4.79 Å². The van der Waals surface area contributed by atoms with Gasteiger partial charge in [-0.3, -0.25) is 4.79 Å². The van der Waals surface area contributed by atoms with Crippen molar-refractivity contribution >= 4 is 5.91 Å². The largest absolute Gasteiger partial charge is 0.364 e. The maximum absolute atomic E-state index is 12.4. The Kier molecular flexibility index (Phi) is 7.28. The van der Waals surface area contributed by atoms with Gasteiger partial charge in [-0.2, -0.15) is 0 Å². The van der Waals surface area contributed by atoms with Crippen LogP contribution in [0.4, 0.5) is 0 Å². The molecule has 0 bridgehead atoms. The van der Waals surface area contributed by atoms with Gasteiger partial charge in [0.05, 0.1) is 6.10 Å². The Hall–Kier alpha value is -0.610. The van der Waals surface area contributed by atoms with Gasteiger partial charge in [0.1, 0.15) is 6.10 Å². The smallest absolute Gasteiger partial charge is 0.251 e.